The average molecular weight is 306 g/mol. The minimum atomic E-state index is -0.118. The zero-order valence-corrected chi connectivity index (χ0v) is 13.4. The van der Waals surface area contributed by atoms with Crippen molar-refractivity contribution in [2.24, 2.45) is 11.8 Å². The van der Waals surface area contributed by atoms with E-state index in [2.05, 4.69) is 29.2 Å². The minimum absolute atomic E-state index is 0.118. The Morgan fingerprint density at radius 3 is 3.10 bits per heavy atom. The van der Waals surface area contributed by atoms with E-state index in [-0.39, 0.29) is 5.56 Å². The minimum Gasteiger partial charge on any atom is -0.357 e. The number of nitrogens with one attached hydrogen (secondary N) is 1. The fourth-order valence-electron chi connectivity index (χ4n) is 3.08. The summed E-state index contributed by atoms with van der Waals surface area (Å²) in [4.78, 5) is 16.6. The summed E-state index contributed by atoms with van der Waals surface area (Å²) in [6, 6.07) is 1.93. The molecular formula is C15H22N4OS. The third-order valence-corrected chi connectivity index (χ3v) is 5.11. The van der Waals surface area contributed by atoms with E-state index in [4.69, 9.17) is 0 Å². The van der Waals surface area contributed by atoms with Gasteiger partial charge in [-0.2, -0.15) is 4.52 Å². The Bertz CT molecular complexity index is 663. The number of nitrogens with zero attached hydrogens (tertiary/aromatic N) is 3. The van der Waals surface area contributed by atoms with Crippen LogP contribution in [0.25, 0.3) is 4.96 Å². The number of rotatable bonds is 5. The maximum Gasteiger partial charge on any atom is 0.275 e. The second-order valence-electron chi connectivity index (χ2n) is 6.30. The zero-order chi connectivity index (χ0) is 14.8. The van der Waals surface area contributed by atoms with Gasteiger partial charge in [0.2, 0.25) is 10.1 Å². The highest BCUT2D eigenvalue weighted by Gasteiger charge is 2.27. The van der Waals surface area contributed by atoms with Crippen molar-refractivity contribution in [3.05, 3.63) is 22.6 Å². The van der Waals surface area contributed by atoms with Crippen LogP contribution in [0.2, 0.25) is 0 Å². The van der Waals surface area contributed by atoms with Crippen molar-refractivity contribution >= 4 is 21.4 Å². The molecule has 1 aliphatic carbocycles. The zero-order valence-electron chi connectivity index (χ0n) is 12.6. The highest BCUT2D eigenvalue weighted by atomic mass is 32.1. The molecule has 0 unspecified atom stereocenters. The number of fused-ring (bicyclic) bond motifs is 1. The summed E-state index contributed by atoms with van der Waals surface area (Å²) in [6.45, 7) is 4.56. The summed E-state index contributed by atoms with van der Waals surface area (Å²) in [5.74, 6) is 1.49. The van der Waals surface area contributed by atoms with Crippen LogP contribution in [0.4, 0.5) is 5.13 Å². The smallest absolute Gasteiger partial charge is 0.275 e. The van der Waals surface area contributed by atoms with Crippen molar-refractivity contribution in [1.82, 2.24) is 14.6 Å². The second-order valence-corrected chi connectivity index (χ2v) is 7.25. The Labute approximate surface area is 128 Å². The predicted molar refractivity (Wildman–Crippen MR) is 86.0 cm³/mol. The Morgan fingerprint density at radius 1 is 1.48 bits per heavy atom. The van der Waals surface area contributed by atoms with Crippen LogP contribution < -0.4 is 10.9 Å². The predicted octanol–water partition coefficient (Wildman–Crippen LogP) is 3.17. The van der Waals surface area contributed by atoms with Gasteiger partial charge in [0.1, 0.15) is 0 Å². The molecule has 0 aliphatic heterocycles. The van der Waals surface area contributed by atoms with Gasteiger partial charge in [-0.1, -0.05) is 38.0 Å². The molecule has 1 saturated carbocycles. The van der Waals surface area contributed by atoms with Crippen molar-refractivity contribution in [3.63, 3.8) is 0 Å². The molecule has 1 fully saturated rings. The third kappa shape index (κ3) is 3.26. The quantitative estimate of drug-likeness (QED) is 0.922. The molecule has 2 heterocycles. The summed E-state index contributed by atoms with van der Waals surface area (Å²) in [5.41, 5.74) is -0.118. The van der Waals surface area contributed by atoms with E-state index in [0.29, 0.717) is 11.0 Å². The van der Waals surface area contributed by atoms with E-state index in [1.807, 2.05) is 0 Å². The largest absolute Gasteiger partial charge is 0.357 e. The first-order valence-electron chi connectivity index (χ1n) is 7.75. The van der Waals surface area contributed by atoms with E-state index in [0.717, 1.165) is 17.0 Å². The first-order valence-corrected chi connectivity index (χ1v) is 8.56. The Balaban J connectivity index is 1.72. The molecule has 0 saturated heterocycles. The van der Waals surface area contributed by atoms with Crippen LogP contribution >= 0.6 is 11.3 Å². The number of aromatic nitrogens is 3. The Kier molecular flexibility index (Phi) is 4.24. The van der Waals surface area contributed by atoms with E-state index in [1.165, 1.54) is 54.0 Å². The lowest BCUT2D eigenvalue weighted by Crippen LogP contribution is -2.24. The van der Waals surface area contributed by atoms with Gasteiger partial charge in [-0.25, -0.2) is 4.98 Å². The molecule has 2 aromatic rings. The molecule has 1 N–H and O–H groups in total. The Hall–Kier alpha value is -1.43. The molecule has 5 nitrogen and oxygen atoms in total. The highest BCUT2D eigenvalue weighted by Crippen LogP contribution is 2.33. The molecule has 6 heteroatoms. The third-order valence-electron chi connectivity index (χ3n) is 4.25. The molecular weight excluding hydrogens is 284 g/mol. The molecule has 3 rings (SSSR count). The number of hydrogen-bond donors (Lipinski definition) is 1. The molecule has 1 aliphatic rings. The summed E-state index contributed by atoms with van der Waals surface area (Å²) >= 11 is 1.45. The van der Waals surface area contributed by atoms with Gasteiger partial charge in [0.05, 0.1) is 0 Å². The lowest BCUT2D eigenvalue weighted by Gasteiger charge is -2.21. The summed E-state index contributed by atoms with van der Waals surface area (Å²) in [5, 5.41) is 8.71. The van der Waals surface area contributed by atoms with E-state index in [1.54, 1.807) is 6.20 Å². The van der Waals surface area contributed by atoms with Gasteiger partial charge in [0.15, 0.2) is 0 Å². The average Bonchev–Trinajstić information content (AvgIpc) is 3.04. The first kappa shape index (κ1) is 14.5. The molecule has 0 spiro atoms. The molecule has 0 radical (unpaired) electrons. The van der Waals surface area contributed by atoms with Crippen LogP contribution in [0, 0.1) is 11.8 Å². The van der Waals surface area contributed by atoms with E-state index < -0.39 is 0 Å². The lowest BCUT2D eigenvalue weighted by molar-refractivity contribution is 0.411. The van der Waals surface area contributed by atoms with Gasteiger partial charge in [-0.05, 0) is 31.1 Å². The van der Waals surface area contributed by atoms with Crippen molar-refractivity contribution in [2.75, 3.05) is 5.32 Å². The lowest BCUT2D eigenvalue weighted by atomic mass is 9.94. The van der Waals surface area contributed by atoms with Gasteiger partial charge in [0.25, 0.3) is 5.56 Å². The Morgan fingerprint density at radius 2 is 2.33 bits per heavy atom. The first-order chi connectivity index (χ1) is 10.1. The van der Waals surface area contributed by atoms with Crippen LogP contribution in [0.5, 0.6) is 0 Å². The standard InChI is InChI=1S/C15H22N4OS/c1-10(2)6-7-11-4-3-5-12(11)17-14-18-19-13(20)8-9-16-15(19)21-14/h8-12H,3-7H2,1-2H3,(H,17,18)/t11-,12-/m0/s1. The van der Waals surface area contributed by atoms with Gasteiger partial charge in [-0.15, -0.1) is 5.10 Å². The fraction of sp³-hybridized carbons (Fsp3) is 0.667. The summed E-state index contributed by atoms with van der Waals surface area (Å²) < 4.78 is 1.38. The normalized spacial score (nSPS) is 22.2. The van der Waals surface area contributed by atoms with Crippen LogP contribution in [-0.2, 0) is 0 Å². The van der Waals surface area contributed by atoms with Crippen LogP contribution in [0.15, 0.2) is 17.1 Å². The monoisotopic (exact) mass is 306 g/mol. The maximum atomic E-state index is 11.7. The van der Waals surface area contributed by atoms with Crippen molar-refractivity contribution < 1.29 is 0 Å². The molecule has 0 bridgehead atoms. The highest BCUT2D eigenvalue weighted by molar-refractivity contribution is 7.20. The topological polar surface area (TPSA) is 59.3 Å². The van der Waals surface area contributed by atoms with Crippen LogP contribution in [-0.4, -0.2) is 20.6 Å². The SMILES string of the molecule is CC(C)CC[C@@H]1CCC[C@@H]1Nc1nn2c(=O)ccnc2s1. The van der Waals surface area contributed by atoms with Gasteiger partial charge >= 0.3 is 0 Å². The van der Waals surface area contributed by atoms with Crippen molar-refractivity contribution in [1.29, 1.82) is 0 Å². The van der Waals surface area contributed by atoms with Crippen molar-refractivity contribution in [3.8, 4) is 0 Å². The summed E-state index contributed by atoms with van der Waals surface area (Å²) in [6.07, 6.45) is 7.88. The maximum absolute atomic E-state index is 11.7. The second kappa shape index (κ2) is 6.13. The number of anilines is 1. The molecule has 0 amide bonds. The molecule has 21 heavy (non-hydrogen) atoms. The van der Waals surface area contributed by atoms with Gasteiger partial charge in [-0.3, -0.25) is 4.79 Å². The molecule has 0 aromatic carbocycles. The van der Waals surface area contributed by atoms with E-state index in [9.17, 15) is 4.79 Å². The fourth-order valence-corrected chi connectivity index (χ4v) is 3.92. The van der Waals surface area contributed by atoms with E-state index >= 15 is 0 Å². The molecule has 2 atom stereocenters. The molecule has 114 valence electrons. The summed E-state index contributed by atoms with van der Waals surface area (Å²) in [7, 11) is 0. The number of hydrogen-bond acceptors (Lipinski definition) is 5. The van der Waals surface area contributed by atoms with Crippen LogP contribution in [0.1, 0.15) is 46.0 Å². The van der Waals surface area contributed by atoms with Gasteiger partial charge < -0.3 is 5.32 Å². The molecule has 2 aromatic heterocycles. The van der Waals surface area contributed by atoms with Gasteiger partial charge in [0, 0.05) is 18.3 Å². The van der Waals surface area contributed by atoms with Crippen LogP contribution in [0.3, 0.4) is 0 Å². The van der Waals surface area contributed by atoms with Crippen molar-refractivity contribution in [2.45, 2.75) is 52.0 Å².